The van der Waals surface area contributed by atoms with E-state index in [4.69, 9.17) is 0 Å². The summed E-state index contributed by atoms with van der Waals surface area (Å²) in [7, 11) is 0. The lowest BCUT2D eigenvalue weighted by Crippen LogP contribution is -2.34. The van der Waals surface area contributed by atoms with Crippen LogP contribution >= 0.6 is 0 Å². The molecule has 0 aliphatic heterocycles. The zero-order chi connectivity index (χ0) is 14.5. The van der Waals surface area contributed by atoms with Crippen LogP contribution in [-0.2, 0) is 11.3 Å². The lowest BCUT2D eigenvalue weighted by Gasteiger charge is -2.21. The molecule has 1 amide bonds. The number of nitrogens with one attached hydrogen (secondary N) is 1. The van der Waals surface area contributed by atoms with Crippen molar-refractivity contribution in [1.82, 2.24) is 5.32 Å². The minimum atomic E-state index is -0.332. The predicted molar refractivity (Wildman–Crippen MR) is 81.3 cm³/mol. The highest BCUT2D eigenvalue weighted by atomic mass is 16.2. The molecular formula is C16H26N2O. The summed E-state index contributed by atoms with van der Waals surface area (Å²) in [4.78, 5) is 14.1. The number of hydrogen-bond acceptors (Lipinski definition) is 2. The topological polar surface area (TPSA) is 32.3 Å². The third-order valence-corrected chi connectivity index (χ3v) is 3.20. The van der Waals surface area contributed by atoms with Crippen molar-refractivity contribution in [3.05, 3.63) is 29.8 Å². The van der Waals surface area contributed by atoms with E-state index in [0.29, 0.717) is 6.54 Å². The molecule has 0 fully saturated rings. The van der Waals surface area contributed by atoms with E-state index in [1.807, 2.05) is 20.8 Å². The van der Waals surface area contributed by atoms with Gasteiger partial charge in [0.05, 0.1) is 0 Å². The summed E-state index contributed by atoms with van der Waals surface area (Å²) in [6, 6.07) is 8.39. The van der Waals surface area contributed by atoms with Gasteiger partial charge in [-0.3, -0.25) is 4.79 Å². The SMILES string of the molecule is CCN(CC)c1ccc(CNC(=O)C(C)(C)C)cc1. The number of anilines is 1. The van der Waals surface area contributed by atoms with Crippen LogP contribution in [0.4, 0.5) is 5.69 Å². The second-order valence-electron chi connectivity index (χ2n) is 5.77. The molecule has 0 aliphatic rings. The van der Waals surface area contributed by atoms with Gasteiger partial charge in [-0.2, -0.15) is 0 Å². The Labute approximate surface area is 117 Å². The molecule has 0 aromatic heterocycles. The highest BCUT2D eigenvalue weighted by molar-refractivity contribution is 5.81. The van der Waals surface area contributed by atoms with Gasteiger partial charge in [0.15, 0.2) is 0 Å². The molecule has 0 bridgehead atoms. The molecule has 19 heavy (non-hydrogen) atoms. The van der Waals surface area contributed by atoms with Crippen molar-refractivity contribution in [2.75, 3.05) is 18.0 Å². The first-order chi connectivity index (χ1) is 8.88. The van der Waals surface area contributed by atoms with Crippen molar-refractivity contribution in [2.24, 2.45) is 5.41 Å². The minimum Gasteiger partial charge on any atom is -0.372 e. The Morgan fingerprint density at radius 3 is 2.05 bits per heavy atom. The zero-order valence-electron chi connectivity index (χ0n) is 12.8. The lowest BCUT2D eigenvalue weighted by atomic mass is 9.95. The minimum absolute atomic E-state index is 0.0836. The van der Waals surface area contributed by atoms with Gasteiger partial charge in [-0.05, 0) is 31.5 Å². The fourth-order valence-corrected chi connectivity index (χ4v) is 1.86. The Morgan fingerprint density at radius 2 is 1.63 bits per heavy atom. The van der Waals surface area contributed by atoms with E-state index in [-0.39, 0.29) is 11.3 Å². The molecule has 0 aliphatic carbocycles. The predicted octanol–water partition coefficient (Wildman–Crippen LogP) is 3.20. The van der Waals surface area contributed by atoms with E-state index in [1.165, 1.54) is 5.69 Å². The Hall–Kier alpha value is -1.51. The molecule has 1 aromatic carbocycles. The first-order valence-electron chi connectivity index (χ1n) is 7.00. The van der Waals surface area contributed by atoms with Crippen LogP contribution in [0.5, 0.6) is 0 Å². The molecule has 0 atom stereocenters. The molecule has 1 N–H and O–H groups in total. The number of nitrogens with zero attached hydrogens (tertiary/aromatic N) is 1. The van der Waals surface area contributed by atoms with Crippen molar-refractivity contribution in [2.45, 2.75) is 41.2 Å². The zero-order valence-corrected chi connectivity index (χ0v) is 12.8. The highest BCUT2D eigenvalue weighted by Crippen LogP contribution is 2.16. The van der Waals surface area contributed by atoms with Gasteiger partial charge in [-0.15, -0.1) is 0 Å². The summed E-state index contributed by atoms with van der Waals surface area (Å²) in [5.41, 5.74) is 2.03. The number of amides is 1. The van der Waals surface area contributed by atoms with Gasteiger partial charge in [0.1, 0.15) is 0 Å². The fraction of sp³-hybridized carbons (Fsp3) is 0.562. The third kappa shape index (κ3) is 4.58. The van der Waals surface area contributed by atoms with Gasteiger partial charge in [-0.25, -0.2) is 0 Å². The van der Waals surface area contributed by atoms with Crippen molar-refractivity contribution < 1.29 is 4.79 Å². The summed E-state index contributed by atoms with van der Waals surface area (Å²) < 4.78 is 0. The fourth-order valence-electron chi connectivity index (χ4n) is 1.86. The first kappa shape index (κ1) is 15.5. The lowest BCUT2D eigenvalue weighted by molar-refractivity contribution is -0.128. The van der Waals surface area contributed by atoms with E-state index >= 15 is 0 Å². The Balaban J connectivity index is 2.60. The van der Waals surface area contributed by atoms with Crippen molar-refractivity contribution >= 4 is 11.6 Å². The average Bonchev–Trinajstić information content (AvgIpc) is 2.37. The van der Waals surface area contributed by atoms with Crippen LogP contribution in [0.25, 0.3) is 0 Å². The number of carbonyl (C=O) groups is 1. The molecule has 3 heteroatoms. The molecule has 3 nitrogen and oxygen atoms in total. The number of carbonyl (C=O) groups excluding carboxylic acids is 1. The van der Waals surface area contributed by atoms with Crippen LogP contribution in [-0.4, -0.2) is 19.0 Å². The summed E-state index contributed by atoms with van der Waals surface area (Å²) in [6.45, 7) is 12.7. The Bertz CT molecular complexity index is 400. The van der Waals surface area contributed by atoms with Gasteiger partial charge in [0.2, 0.25) is 5.91 Å². The van der Waals surface area contributed by atoms with E-state index < -0.39 is 0 Å². The van der Waals surface area contributed by atoms with Crippen molar-refractivity contribution in [3.63, 3.8) is 0 Å². The van der Waals surface area contributed by atoms with Crippen molar-refractivity contribution in [1.29, 1.82) is 0 Å². The van der Waals surface area contributed by atoms with Gasteiger partial charge < -0.3 is 10.2 Å². The normalized spacial score (nSPS) is 11.2. The quantitative estimate of drug-likeness (QED) is 0.884. The van der Waals surface area contributed by atoms with E-state index in [1.54, 1.807) is 0 Å². The molecular weight excluding hydrogens is 236 g/mol. The molecule has 0 spiro atoms. The molecule has 0 radical (unpaired) electrons. The van der Waals surface area contributed by atoms with E-state index in [9.17, 15) is 4.79 Å². The van der Waals surface area contributed by atoms with Gasteiger partial charge in [0, 0.05) is 30.7 Å². The summed E-state index contributed by atoms with van der Waals surface area (Å²) in [6.07, 6.45) is 0. The molecule has 1 aromatic rings. The third-order valence-electron chi connectivity index (χ3n) is 3.20. The summed E-state index contributed by atoms with van der Waals surface area (Å²) >= 11 is 0. The van der Waals surface area contributed by atoms with Gasteiger partial charge in [-0.1, -0.05) is 32.9 Å². The number of hydrogen-bond donors (Lipinski definition) is 1. The van der Waals surface area contributed by atoms with Gasteiger partial charge >= 0.3 is 0 Å². The van der Waals surface area contributed by atoms with E-state index in [2.05, 4.69) is 48.3 Å². The molecule has 106 valence electrons. The summed E-state index contributed by atoms with van der Waals surface area (Å²) in [5, 5.41) is 2.96. The monoisotopic (exact) mass is 262 g/mol. The van der Waals surface area contributed by atoms with Crippen LogP contribution in [0.15, 0.2) is 24.3 Å². The largest absolute Gasteiger partial charge is 0.372 e. The van der Waals surface area contributed by atoms with Gasteiger partial charge in [0.25, 0.3) is 0 Å². The van der Waals surface area contributed by atoms with Crippen LogP contribution in [0, 0.1) is 5.41 Å². The Kier molecular flexibility index (Phi) is 5.40. The molecule has 0 saturated carbocycles. The smallest absolute Gasteiger partial charge is 0.225 e. The number of benzene rings is 1. The average molecular weight is 262 g/mol. The molecule has 0 heterocycles. The Morgan fingerprint density at radius 1 is 1.11 bits per heavy atom. The highest BCUT2D eigenvalue weighted by Gasteiger charge is 2.20. The van der Waals surface area contributed by atoms with E-state index in [0.717, 1.165) is 18.7 Å². The molecule has 1 rings (SSSR count). The molecule has 0 saturated heterocycles. The first-order valence-corrected chi connectivity index (χ1v) is 7.00. The maximum atomic E-state index is 11.8. The van der Waals surface area contributed by atoms with Crippen LogP contribution in [0.3, 0.4) is 0 Å². The maximum Gasteiger partial charge on any atom is 0.225 e. The second kappa shape index (κ2) is 6.60. The van der Waals surface area contributed by atoms with Crippen LogP contribution in [0.2, 0.25) is 0 Å². The number of rotatable bonds is 5. The maximum absolute atomic E-state index is 11.8. The molecule has 0 unspecified atom stereocenters. The van der Waals surface area contributed by atoms with Crippen LogP contribution < -0.4 is 10.2 Å². The standard InChI is InChI=1S/C16H26N2O/c1-6-18(7-2)14-10-8-13(9-11-14)12-17-15(19)16(3,4)5/h8-11H,6-7,12H2,1-5H3,(H,17,19). The summed E-state index contributed by atoms with van der Waals surface area (Å²) in [5.74, 6) is 0.0836. The van der Waals surface area contributed by atoms with Crippen molar-refractivity contribution in [3.8, 4) is 0 Å². The second-order valence-corrected chi connectivity index (χ2v) is 5.77. The van der Waals surface area contributed by atoms with Crippen LogP contribution in [0.1, 0.15) is 40.2 Å².